The number of hydrogen-bond donors (Lipinski definition) is 2. The van der Waals surface area contributed by atoms with Gasteiger partial charge in [0.15, 0.2) is 5.69 Å². The molecule has 1 heterocycles. The molecular weight excluding hydrogens is 320 g/mol. The van der Waals surface area contributed by atoms with Gasteiger partial charge in [-0.3, -0.25) is 4.79 Å². The van der Waals surface area contributed by atoms with Gasteiger partial charge in [-0.05, 0) is 38.2 Å². The van der Waals surface area contributed by atoms with Crippen LogP contribution in [0.3, 0.4) is 0 Å². The Morgan fingerprint density at radius 1 is 1.27 bits per heavy atom. The number of halogens is 1. The summed E-state index contributed by atoms with van der Waals surface area (Å²) in [6.07, 6.45) is 0. The van der Waals surface area contributed by atoms with Crippen molar-refractivity contribution in [3.8, 4) is 0 Å². The number of nitrogens with zero attached hydrogens (tertiary/aromatic N) is 2. The van der Waals surface area contributed by atoms with Crippen molar-refractivity contribution in [1.29, 1.82) is 0 Å². The van der Waals surface area contributed by atoms with Gasteiger partial charge < -0.3 is 10.6 Å². The van der Waals surface area contributed by atoms with Gasteiger partial charge in [-0.1, -0.05) is 35.5 Å². The van der Waals surface area contributed by atoms with Gasteiger partial charge in [0.25, 0.3) is 5.91 Å². The maximum Gasteiger partial charge on any atom is 0.271 e. The molecule has 22 heavy (non-hydrogen) atoms. The zero-order valence-corrected chi connectivity index (χ0v) is 13.9. The quantitative estimate of drug-likeness (QED) is 0.848. The maximum atomic E-state index is 11.9. The van der Waals surface area contributed by atoms with Crippen molar-refractivity contribution in [3.05, 3.63) is 47.1 Å². The minimum Gasteiger partial charge on any atom is -0.349 e. The predicted molar refractivity (Wildman–Crippen MR) is 88.5 cm³/mol. The van der Waals surface area contributed by atoms with Gasteiger partial charge in [-0.2, -0.15) is 0 Å². The summed E-state index contributed by atoms with van der Waals surface area (Å²) in [6.45, 7) is 2.52. The number of benzene rings is 1. The van der Waals surface area contributed by atoms with Crippen molar-refractivity contribution in [2.24, 2.45) is 0 Å². The molecule has 0 radical (unpaired) electrons. The molecule has 0 aliphatic heterocycles. The van der Waals surface area contributed by atoms with Gasteiger partial charge in [0.2, 0.25) is 0 Å². The normalized spacial score (nSPS) is 12.0. The maximum absolute atomic E-state index is 11.9. The topological polar surface area (TPSA) is 66.9 Å². The van der Waals surface area contributed by atoms with E-state index in [1.807, 2.05) is 38.2 Å². The van der Waals surface area contributed by atoms with Gasteiger partial charge >= 0.3 is 0 Å². The van der Waals surface area contributed by atoms with Crippen LogP contribution in [0.5, 0.6) is 0 Å². The van der Waals surface area contributed by atoms with E-state index in [-0.39, 0.29) is 11.9 Å². The molecule has 116 valence electrons. The molecule has 0 aliphatic carbocycles. The first-order valence-electron chi connectivity index (χ1n) is 6.81. The van der Waals surface area contributed by atoms with E-state index >= 15 is 0 Å². The number of hydrogen-bond acceptors (Lipinski definition) is 5. The summed E-state index contributed by atoms with van der Waals surface area (Å²) in [5.41, 5.74) is 0.298. The Kier molecular flexibility index (Phi) is 6.18. The van der Waals surface area contributed by atoms with Crippen LogP contribution in [-0.2, 0) is 0 Å². The third-order valence-electron chi connectivity index (χ3n) is 2.99. The zero-order chi connectivity index (χ0) is 15.9. The van der Waals surface area contributed by atoms with Crippen molar-refractivity contribution < 1.29 is 4.79 Å². The molecule has 2 aromatic rings. The molecule has 2 N–H and O–H groups in total. The zero-order valence-electron chi connectivity index (χ0n) is 12.3. The van der Waals surface area contributed by atoms with E-state index < -0.39 is 0 Å². The summed E-state index contributed by atoms with van der Waals surface area (Å²) in [5, 5.41) is 15.2. The number of aromatic nitrogens is 2. The Labute approximate surface area is 138 Å². The largest absolute Gasteiger partial charge is 0.349 e. The van der Waals surface area contributed by atoms with Crippen molar-refractivity contribution >= 4 is 29.3 Å². The predicted octanol–water partition coefficient (Wildman–Crippen LogP) is 2.62. The van der Waals surface area contributed by atoms with Crippen molar-refractivity contribution in [3.63, 3.8) is 0 Å². The molecule has 1 aromatic heterocycles. The molecule has 1 atom stereocenters. The molecule has 0 spiro atoms. The fourth-order valence-electron chi connectivity index (χ4n) is 1.57. The summed E-state index contributed by atoms with van der Waals surface area (Å²) < 4.78 is 0. The van der Waals surface area contributed by atoms with Crippen molar-refractivity contribution in [2.75, 3.05) is 13.6 Å². The average molecular weight is 337 g/mol. The molecule has 0 saturated carbocycles. The van der Waals surface area contributed by atoms with Crippen LogP contribution in [0.15, 0.2) is 46.3 Å². The molecule has 0 saturated heterocycles. The monoisotopic (exact) mass is 336 g/mol. The molecule has 0 fully saturated rings. The van der Waals surface area contributed by atoms with Gasteiger partial charge in [0.1, 0.15) is 5.03 Å². The van der Waals surface area contributed by atoms with Crippen LogP contribution < -0.4 is 10.6 Å². The van der Waals surface area contributed by atoms with Crippen LogP contribution in [-0.4, -0.2) is 35.7 Å². The van der Waals surface area contributed by atoms with E-state index in [0.717, 1.165) is 4.90 Å². The van der Waals surface area contributed by atoms with Gasteiger partial charge in [-0.25, -0.2) is 0 Å². The lowest BCUT2D eigenvalue weighted by molar-refractivity contribution is 0.0944. The Bertz CT molecular complexity index is 636. The molecule has 1 aromatic carbocycles. The first kappa shape index (κ1) is 16.7. The Morgan fingerprint density at radius 3 is 2.68 bits per heavy atom. The summed E-state index contributed by atoms with van der Waals surface area (Å²) >= 11 is 7.51. The van der Waals surface area contributed by atoms with Crippen LogP contribution >= 0.6 is 23.4 Å². The minimum atomic E-state index is -0.233. The first-order valence-corrected chi connectivity index (χ1v) is 8.01. The van der Waals surface area contributed by atoms with E-state index in [4.69, 9.17) is 11.6 Å². The lowest BCUT2D eigenvalue weighted by atomic mass is 10.3. The van der Waals surface area contributed by atoms with Gasteiger partial charge in [0.05, 0.1) is 5.02 Å². The number of amides is 1. The van der Waals surface area contributed by atoms with Gasteiger partial charge in [-0.15, -0.1) is 10.2 Å². The van der Waals surface area contributed by atoms with Crippen LogP contribution in [0.2, 0.25) is 5.02 Å². The third kappa shape index (κ3) is 4.69. The second-order valence-electron chi connectivity index (χ2n) is 4.69. The Morgan fingerprint density at radius 2 is 2.05 bits per heavy atom. The molecule has 2 rings (SSSR count). The highest BCUT2D eigenvalue weighted by atomic mass is 35.5. The Hall–Kier alpha value is -1.63. The van der Waals surface area contributed by atoms with Crippen molar-refractivity contribution in [1.82, 2.24) is 20.8 Å². The molecule has 0 bridgehead atoms. The smallest absolute Gasteiger partial charge is 0.271 e. The average Bonchev–Trinajstić information content (AvgIpc) is 2.55. The van der Waals surface area contributed by atoms with Crippen LogP contribution in [0.1, 0.15) is 17.4 Å². The summed E-state index contributed by atoms with van der Waals surface area (Å²) in [4.78, 5) is 12.8. The number of rotatable bonds is 6. The second-order valence-corrected chi connectivity index (χ2v) is 6.16. The number of carbonyl (C=O) groups is 1. The Balaban J connectivity index is 1.98. The van der Waals surface area contributed by atoms with Crippen LogP contribution in [0, 0.1) is 0 Å². The standard InChI is InChI=1S/C15H17ClN4OS/c1-10(17-2)9-18-15(21)12-7-8-14(20-19-12)22-13-6-4-3-5-11(13)16/h3-8,10,17H,9H2,1-2H3,(H,18,21). The fraction of sp³-hybridized carbons (Fsp3) is 0.267. The highest BCUT2D eigenvalue weighted by Crippen LogP contribution is 2.31. The van der Waals surface area contributed by atoms with E-state index in [9.17, 15) is 4.79 Å². The van der Waals surface area contributed by atoms with Crippen LogP contribution in [0.4, 0.5) is 0 Å². The highest BCUT2D eigenvalue weighted by Gasteiger charge is 2.10. The molecule has 1 amide bonds. The lowest BCUT2D eigenvalue weighted by Crippen LogP contribution is -2.37. The minimum absolute atomic E-state index is 0.201. The summed E-state index contributed by atoms with van der Waals surface area (Å²) in [6, 6.07) is 11.1. The van der Waals surface area contributed by atoms with E-state index in [0.29, 0.717) is 22.3 Å². The second kappa shape index (κ2) is 8.12. The van der Waals surface area contributed by atoms with Crippen LogP contribution in [0.25, 0.3) is 0 Å². The molecule has 0 aliphatic rings. The molecule has 1 unspecified atom stereocenters. The van der Waals surface area contributed by atoms with Gasteiger partial charge in [0, 0.05) is 17.5 Å². The first-order chi connectivity index (χ1) is 10.6. The number of carbonyl (C=O) groups excluding carboxylic acids is 1. The molecule has 7 heteroatoms. The fourth-order valence-corrected chi connectivity index (χ4v) is 2.58. The van der Waals surface area contributed by atoms with E-state index in [1.165, 1.54) is 11.8 Å². The summed E-state index contributed by atoms with van der Waals surface area (Å²) in [5.74, 6) is -0.233. The lowest BCUT2D eigenvalue weighted by Gasteiger charge is -2.10. The number of likely N-dealkylation sites (N-methyl/N-ethyl adjacent to an activating group) is 1. The molecule has 5 nitrogen and oxygen atoms in total. The highest BCUT2D eigenvalue weighted by molar-refractivity contribution is 7.99. The summed E-state index contributed by atoms with van der Waals surface area (Å²) in [7, 11) is 1.84. The molecular formula is C15H17ClN4OS. The van der Waals surface area contributed by atoms with E-state index in [1.54, 1.807) is 12.1 Å². The number of nitrogens with one attached hydrogen (secondary N) is 2. The van der Waals surface area contributed by atoms with Crippen molar-refractivity contribution in [2.45, 2.75) is 22.9 Å². The third-order valence-corrected chi connectivity index (χ3v) is 4.43. The van der Waals surface area contributed by atoms with E-state index in [2.05, 4.69) is 20.8 Å². The SMILES string of the molecule is CNC(C)CNC(=O)c1ccc(Sc2ccccc2Cl)nn1.